The summed E-state index contributed by atoms with van der Waals surface area (Å²) in [6.45, 7) is 0. The predicted octanol–water partition coefficient (Wildman–Crippen LogP) is 16.8. The smallest absolute Gasteiger partial charge is 0.132 e. The lowest BCUT2D eigenvalue weighted by atomic mass is 9.66. The van der Waals surface area contributed by atoms with E-state index in [0.717, 1.165) is 34.0 Å². The van der Waals surface area contributed by atoms with Crippen molar-refractivity contribution in [2.24, 2.45) is 0 Å². The zero-order valence-corrected chi connectivity index (χ0v) is 37.2. The van der Waals surface area contributed by atoms with E-state index in [1.807, 2.05) is 23.1 Å². The third kappa shape index (κ3) is 4.53. The zero-order valence-electron chi connectivity index (χ0n) is 35.5. The van der Waals surface area contributed by atoms with Gasteiger partial charge in [-0.3, -0.25) is 0 Å². The van der Waals surface area contributed by atoms with Crippen molar-refractivity contribution in [2.75, 3.05) is 4.90 Å². The summed E-state index contributed by atoms with van der Waals surface area (Å²) >= 11 is 3.78. The largest absolute Gasteiger partial charge is 0.457 e. The van der Waals surface area contributed by atoms with Crippen LogP contribution in [-0.4, -0.2) is 0 Å². The highest BCUT2D eigenvalue weighted by molar-refractivity contribution is 7.99. The van der Waals surface area contributed by atoms with Crippen molar-refractivity contribution in [3.05, 3.63) is 269 Å². The first-order valence-corrected chi connectivity index (χ1v) is 24.3. The maximum absolute atomic E-state index is 6.77. The van der Waals surface area contributed by atoms with E-state index in [1.54, 1.807) is 0 Å². The van der Waals surface area contributed by atoms with Crippen molar-refractivity contribution < 1.29 is 4.74 Å². The van der Waals surface area contributed by atoms with E-state index in [4.69, 9.17) is 4.74 Å². The minimum absolute atomic E-state index is 0.513. The molecule has 2 spiro atoms. The van der Waals surface area contributed by atoms with Crippen LogP contribution in [0.25, 0.3) is 42.4 Å². The molecule has 0 atom stereocenters. The van der Waals surface area contributed by atoms with Gasteiger partial charge < -0.3 is 9.64 Å². The Labute approximate surface area is 391 Å². The molecule has 15 rings (SSSR count). The molecule has 0 fully saturated rings. The fraction of sp³-hybridized carbons (Fsp3) is 0.0323. The number of ether oxygens (including phenoxy) is 1. The number of para-hydroxylation sites is 2. The van der Waals surface area contributed by atoms with E-state index < -0.39 is 10.8 Å². The number of anilines is 3. The molecule has 3 heterocycles. The summed E-state index contributed by atoms with van der Waals surface area (Å²) in [6, 6.07) is 83.8. The van der Waals surface area contributed by atoms with E-state index in [9.17, 15) is 0 Å². The number of hydrogen-bond donors (Lipinski definition) is 0. The third-order valence-corrected chi connectivity index (χ3v) is 17.2. The van der Waals surface area contributed by atoms with Gasteiger partial charge in [-0.25, -0.2) is 0 Å². The number of rotatable bonds is 3. The van der Waals surface area contributed by atoms with Gasteiger partial charge in [0.1, 0.15) is 11.5 Å². The molecular weight excluding hydrogens is 839 g/mol. The first-order valence-electron chi connectivity index (χ1n) is 22.7. The van der Waals surface area contributed by atoms with Gasteiger partial charge in [0, 0.05) is 47.5 Å². The van der Waals surface area contributed by atoms with Gasteiger partial charge in [-0.05, 0) is 93.0 Å². The molecule has 4 heteroatoms. The minimum atomic E-state index is -0.606. The Hall–Kier alpha value is -7.63. The van der Waals surface area contributed by atoms with Gasteiger partial charge in [-0.2, -0.15) is 0 Å². The van der Waals surface area contributed by atoms with Gasteiger partial charge >= 0.3 is 0 Å². The lowest BCUT2D eigenvalue weighted by Crippen LogP contribution is -2.32. The first-order chi connectivity index (χ1) is 32.8. The van der Waals surface area contributed by atoms with Gasteiger partial charge in [0.25, 0.3) is 0 Å². The molecule has 1 aromatic heterocycles. The van der Waals surface area contributed by atoms with Crippen LogP contribution in [0, 0.1) is 0 Å². The van der Waals surface area contributed by atoms with E-state index >= 15 is 0 Å². The van der Waals surface area contributed by atoms with Crippen LogP contribution in [0.2, 0.25) is 0 Å². The molecule has 11 aromatic rings. The van der Waals surface area contributed by atoms with Crippen LogP contribution in [0.4, 0.5) is 17.1 Å². The van der Waals surface area contributed by atoms with Crippen LogP contribution >= 0.6 is 23.1 Å². The summed E-state index contributed by atoms with van der Waals surface area (Å²) in [7, 11) is 0. The van der Waals surface area contributed by atoms with Crippen LogP contribution in [0.5, 0.6) is 11.5 Å². The van der Waals surface area contributed by atoms with Crippen LogP contribution < -0.4 is 9.64 Å². The highest BCUT2D eigenvalue weighted by Gasteiger charge is 2.54. The summed E-state index contributed by atoms with van der Waals surface area (Å²) in [5.74, 6) is 1.79. The fourth-order valence-corrected chi connectivity index (χ4v) is 14.8. The van der Waals surface area contributed by atoms with Crippen LogP contribution in [-0.2, 0) is 10.8 Å². The second-order valence-corrected chi connectivity index (χ2v) is 19.9. The lowest BCUT2D eigenvalue weighted by molar-refractivity contribution is 0.436. The highest BCUT2D eigenvalue weighted by Crippen LogP contribution is 2.67. The quantitative estimate of drug-likeness (QED) is 0.175. The fourth-order valence-electron chi connectivity index (χ4n) is 12.4. The average Bonchev–Trinajstić information content (AvgIpc) is 4.01. The number of hydrogen-bond acceptors (Lipinski definition) is 4. The Morgan fingerprint density at radius 2 is 0.758 bits per heavy atom. The second kappa shape index (κ2) is 13.5. The SMILES string of the molecule is c1ccc2c(c1)Oc1ccccc1C21c2ccccc2-c2c(N(c3cccc4c3-c3ccccc3C43c4ccccc4Sc4ccccc43)c3cccc4c3sc3ccccc34)cccc21. The van der Waals surface area contributed by atoms with Gasteiger partial charge in [-0.15, -0.1) is 11.3 Å². The molecule has 0 unspecified atom stereocenters. The summed E-state index contributed by atoms with van der Waals surface area (Å²) in [5.41, 5.74) is 17.5. The molecule has 66 heavy (non-hydrogen) atoms. The zero-order chi connectivity index (χ0) is 43.1. The van der Waals surface area contributed by atoms with E-state index in [2.05, 4.69) is 229 Å². The number of benzene rings is 10. The predicted molar refractivity (Wildman–Crippen MR) is 273 cm³/mol. The normalized spacial score (nSPS) is 14.7. The molecule has 10 aromatic carbocycles. The molecule has 0 radical (unpaired) electrons. The Morgan fingerprint density at radius 1 is 0.333 bits per heavy atom. The van der Waals surface area contributed by atoms with E-state index in [1.165, 1.54) is 91.3 Å². The number of thiophene rings is 1. The number of fused-ring (bicyclic) bond motifs is 21. The van der Waals surface area contributed by atoms with E-state index in [0.29, 0.717) is 0 Å². The summed E-state index contributed by atoms with van der Waals surface area (Å²) in [6.07, 6.45) is 0. The van der Waals surface area contributed by atoms with Crippen molar-refractivity contribution in [3.8, 4) is 33.8 Å². The van der Waals surface area contributed by atoms with Gasteiger partial charge in [-0.1, -0.05) is 188 Å². The van der Waals surface area contributed by atoms with Gasteiger partial charge in [0.05, 0.1) is 32.6 Å². The lowest BCUT2D eigenvalue weighted by Gasteiger charge is -2.40. The Kier molecular flexibility index (Phi) is 7.48. The molecule has 0 N–H and O–H groups in total. The molecule has 308 valence electrons. The van der Waals surface area contributed by atoms with Gasteiger partial charge in [0.15, 0.2) is 0 Å². The van der Waals surface area contributed by atoms with Crippen molar-refractivity contribution in [1.29, 1.82) is 0 Å². The Balaban J connectivity index is 1.09. The highest BCUT2D eigenvalue weighted by atomic mass is 32.2. The maximum atomic E-state index is 6.77. The molecule has 0 saturated heterocycles. The third-order valence-electron chi connectivity index (χ3n) is 14.8. The van der Waals surface area contributed by atoms with Crippen LogP contribution in [0.1, 0.15) is 44.5 Å². The molecule has 0 saturated carbocycles. The van der Waals surface area contributed by atoms with Crippen molar-refractivity contribution in [2.45, 2.75) is 20.6 Å². The summed E-state index contributed by atoms with van der Waals surface area (Å²) < 4.78 is 9.32. The molecule has 0 bridgehead atoms. The topological polar surface area (TPSA) is 12.5 Å². The second-order valence-electron chi connectivity index (χ2n) is 17.8. The molecule has 2 aliphatic heterocycles. The van der Waals surface area contributed by atoms with Crippen LogP contribution in [0.3, 0.4) is 0 Å². The summed E-state index contributed by atoms with van der Waals surface area (Å²) in [5, 5.41) is 2.55. The minimum Gasteiger partial charge on any atom is -0.457 e. The number of nitrogens with zero attached hydrogens (tertiary/aromatic N) is 1. The Bertz CT molecular complexity index is 3590. The van der Waals surface area contributed by atoms with Gasteiger partial charge in [0.2, 0.25) is 0 Å². The van der Waals surface area contributed by atoms with Crippen molar-refractivity contribution >= 4 is 60.3 Å². The molecule has 2 nitrogen and oxygen atoms in total. The Morgan fingerprint density at radius 3 is 1.36 bits per heavy atom. The average molecular weight is 876 g/mol. The summed E-state index contributed by atoms with van der Waals surface area (Å²) in [4.78, 5) is 5.24. The van der Waals surface area contributed by atoms with Crippen molar-refractivity contribution in [1.82, 2.24) is 0 Å². The van der Waals surface area contributed by atoms with E-state index in [-0.39, 0.29) is 0 Å². The monoisotopic (exact) mass is 875 g/mol. The van der Waals surface area contributed by atoms with Crippen molar-refractivity contribution in [3.63, 3.8) is 0 Å². The molecular formula is C62H37NOS2. The molecule has 2 aliphatic carbocycles. The maximum Gasteiger partial charge on any atom is 0.132 e. The standard InChI is InChI=1S/C62H37NOS2/c1-4-22-42-40(19-1)58-48(61(42)44-24-6-10-33-53(44)64-54-34-11-7-25-45(54)61)28-16-30-50(58)63(52-32-15-21-39-38-18-3-12-35-55(38)66-60(39)52)51-31-17-29-49-59(51)41-20-2-5-23-43(41)62(49)46-26-8-13-36-56(46)65-57-37-14-9-27-47(57)62/h1-37H. The van der Waals surface area contributed by atoms with Crippen LogP contribution in [0.15, 0.2) is 234 Å². The molecule has 0 amide bonds. The first kappa shape index (κ1) is 36.7. The molecule has 4 aliphatic rings.